The average molecular weight is 237 g/mol. The lowest BCUT2D eigenvalue weighted by molar-refractivity contribution is 0.909. The van der Waals surface area contributed by atoms with Crippen LogP contribution in [0.3, 0.4) is 0 Å². The Morgan fingerprint density at radius 2 is 2.28 bits per heavy atom. The van der Waals surface area contributed by atoms with Crippen molar-refractivity contribution in [2.24, 2.45) is 4.99 Å². The fourth-order valence-corrected chi connectivity index (χ4v) is 1.69. The van der Waals surface area contributed by atoms with Crippen LogP contribution in [0.2, 0.25) is 0 Å². The third kappa shape index (κ3) is 3.33. The number of nitrogens with zero attached hydrogens (tertiary/aromatic N) is 2. The van der Waals surface area contributed by atoms with E-state index in [1.165, 1.54) is 11.3 Å². The van der Waals surface area contributed by atoms with Gasteiger partial charge in [-0.15, -0.1) is 0 Å². The highest BCUT2D eigenvalue weighted by molar-refractivity contribution is 5.78. The quantitative estimate of drug-likeness (QED) is 0.647. The van der Waals surface area contributed by atoms with Gasteiger partial charge in [0.2, 0.25) is 0 Å². The molecule has 1 aromatic rings. The second-order valence-electron chi connectivity index (χ2n) is 4.19. The van der Waals surface area contributed by atoms with Crippen LogP contribution >= 0.6 is 0 Å². The third-order valence-corrected chi connectivity index (χ3v) is 2.72. The minimum absolute atomic E-state index is 0.756. The summed E-state index contributed by atoms with van der Waals surface area (Å²) in [6, 6.07) is 6.05. The molecular formula is C15H15N3. The minimum atomic E-state index is 0.756. The topological polar surface area (TPSA) is 37.3 Å². The van der Waals surface area contributed by atoms with E-state index >= 15 is 0 Å². The van der Waals surface area contributed by atoms with Crippen molar-refractivity contribution in [1.82, 2.24) is 4.98 Å². The Hall–Kier alpha value is -2.34. The van der Waals surface area contributed by atoms with Crippen LogP contribution in [0.15, 0.2) is 46.7 Å². The summed E-state index contributed by atoms with van der Waals surface area (Å²) < 4.78 is 0. The molecule has 0 spiro atoms. The van der Waals surface area contributed by atoms with Gasteiger partial charge in [0.25, 0.3) is 0 Å². The van der Waals surface area contributed by atoms with Crippen LogP contribution in [-0.4, -0.2) is 11.2 Å². The number of aromatic nitrogens is 1. The normalized spacial score (nSPS) is 14.9. The van der Waals surface area contributed by atoms with Crippen molar-refractivity contribution in [1.29, 1.82) is 0 Å². The van der Waals surface area contributed by atoms with E-state index in [0.29, 0.717) is 0 Å². The number of terminal acetylenes is 1. The number of aliphatic imine (C=N–C) groups is 1. The van der Waals surface area contributed by atoms with Crippen LogP contribution in [0.5, 0.6) is 0 Å². The van der Waals surface area contributed by atoms with Gasteiger partial charge in [-0.25, -0.2) is 4.99 Å². The molecule has 0 atom stereocenters. The molecule has 1 aromatic heterocycles. The zero-order valence-corrected chi connectivity index (χ0v) is 10.4. The van der Waals surface area contributed by atoms with Crippen molar-refractivity contribution in [2.45, 2.75) is 19.8 Å². The van der Waals surface area contributed by atoms with Crippen LogP contribution in [0, 0.1) is 12.5 Å². The van der Waals surface area contributed by atoms with Crippen LogP contribution in [0.25, 0.3) is 0 Å². The summed E-state index contributed by atoms with van der Waals surface area (Å²) in [5.41, 5.74) is 4.37. The summed E-state index contributed by atoms with van der Waals surface area (Å²) in [4.78, 5) is 7.94. The van der Waals surface area contributed by atoms with Crippen LogP contribution < -0.4 is 5.32 Å². The predicted octanol–water partition coefficient (Wildman–Crippen LogP) is 3.13. The van der Waals surface area contributed by atoms with Crippen LogP contribution in [0.4, 0.5) is 5.69 Å². The molecule has 1 N–H and O–H groups in total. The van der Waals surface area contributed by atoms with E-state index in [0.717, 1.165) is 24.2 Å². The lowest BCUT2D eigenvalue weighted by Crippen LogP contribution is -2.03. The summed E-state index contributed by atoms with van der Waals surface area (Å²) in [7, 11) is 0. The molecule has 2 rings (SSSR count). The van der Waals surface area contributed by atoms with Gasteiger partial charge in [0.05, 0.1) is 23.8 Å². The standard InChI is InChI=1S/C15H15N3/c1-3-16-10-14-8-9-15(11-17-14)18-13-6-4-12(2)5-7-13/h1,4,6,8-11,18H,5,7H2,2H3. The second kappa shape index (κ2) is 5.83. The van der Waals surface area contributed by atoms with E-state index in [1.807, 2.05) is 12.1 Å². The number of pyridine rings is 1. The first kappa shape index (κ1) is 12.1. The van der Waals surface area contributed by atoms with Gasteiger partial charge in [0.15, 0.2) is 0 Å². The molecule has 90 valence electrons. The van der Waals surface area contributed by atoms with Crippen molar-refractivity contribution in [3.05, 3.63) is 47.4 Å². The van der Waals surface area contributed by atoms with Crippen molar-refractivity contribution < 1.29 is 0 Å². The molecule has 0 saturated carbocycles. The van der Waals surface area contributed by atoms with Crippen molar-refractivity contribution in [2.75, 3.05) is 5.32 Å². The fourth-order valence-electron chi connectivity index (χ4n) is 1.69. The van der Waals surface area contributed by atoms with E-state index in [4.69, 9.17) is 6.42 Å². The molecule has 1 aliphatic carbocycles. The van der Waals surface area contributed by atoms with E-state index in [-0.39, 0.29) is 0 Å². The largest absolute Gasteiger partial charge is 0.358 e. The van der Waals surface area contributed by atoms with Gasteiger partial charge in [-0.3, -0.25) is 4.98 Å². The van der Waals surface area contributed by atoms with Crippen molar-refractivity contribution in [3.8, 4) is 12.5 Å². The summed E-state index contributed by atoms with van der Waals surface area (Å²) in [6.07, 6.45) is 14.8. The highest BCUT2D eigenvalue weighted by Gasteiger charge is 2.03. The molecule has 3 heteroatoms. The van der Waals surface area contributed by atoms with E-state index in [1.54, 1.807) is 12.4 Å². The summed E-state index contributed by atoms with van der Waals surface area (Å²) in [5.74, 6) is 0. The van der Waals surface area contributed by atoms with E-state index < -0.39 is 0 Å². The lowest BCUT2D eigenvalue weighted by atomic mass is 10.0. The van der Waals surface area contributed by atoms with Crippen LogP contribution in [0.1, 0.15) is 25.5 Å². The number of rotatable bonds is 3. The Balaban J connectivity index is 2.03. The van der Waals surface area contributed by atoms with Gasteiger partial charge >= 0.3 is 0 Å². The lowest BCUT2D eigenvalue weighted by Gasteiger charge is -2.14. The maximum Gasteiger partial charge on any atom is 0.0822 e. The molecule has 0 amide bonds. The molecule has 0 aromatic carbocycles. The SMILES string of the molecule is C#CN=Cc1ccc(NC2=CC=C(C)CC2)cn1. The molecule has 18 heavy (non-hydrogen) atoms. The number of hydrogen-bond donors (Lipinski definition) is 1. The first-order valence-corrected chi connectivity index (χ1v) is 5.86. The van der Waals surface area contributed by atoms with Gasteiger partial charge < -0.3 is 5.32 Å². The highest BCUT2D eigenvalue weighted by atomic mass is 14.9. The maximum absolute atomic E-state index is 5.04. The zero-order chi connectivity index (χ0) is 12.8. The molecule has 0 radical (unpaired) electrons. The van der Waals surface area contributed by atoms with Gasteiger partial charge in [-0.05, 0) is 38.0 Å². The average Bonchev–Trinajstić information content (AvgIpc) is 2.41. The maximum atomic E-state index is 5.04. The summed E-state index contributed by atoms with van der Waals surface area (Å²) in [6.45, 7) is 2.15. The Morgan fingerprint density at radius 3 is 2.89 bits per heavy atom. The minimum Gasteiger partial charge on any atom is -0.358 e. The first-order valence-electron chi connectivity index (χ1n) is 5.86. The van der Waals surface area contributed by atoms with Crippen molar-refractivity contribution in [3.63, 3.8) is 0 Å². The van der Waals surface area contributed by atoms with Gasteiger partial charge in [-0.2, -0.15) is 0 Å². The molecular weight excluding hydrogens is 222 g/mol. The second-order valence-corrected chi connectivity index (χ2v) is 4.19. The van der Waals surface area contributed by atoms with Gasteiger partial charge in [0, 0.05) is 11.7 Å². The molecule has 1 aliphatic rings. The number of hydrogen-bond acceptors (Lipinski definition) is 3. The van der Waals surface area contributed by atoms with Crippen LogP contribution in [-0.2, 0) is 0 Å². The molecule has 0 fully saturated rings. The third-order valence-electron chi connectivity index (χ3n) is 2.72. The van der Waals surface area contributed by atoms with E-state index in [9.17, 15) is 0 Å². The van der Waals surface area contributed by atoms with Gasteiger partial charge in [-0.1, -0.05) is 18.1 Å². The predicted molar refractivity (Wildman–Crippen MR) is 75.4 cm³/mol. The Labute approximate surface area is 107 Å². The molecule has 0 saturated heterocycles. The van der Waals surface area contributed by atoms with Gasteiger partial charge in [0.1, 0.15) is 0 Å². The Bertz CT molecular complexity index is 542. The molecule has 3 nitrogen and oxygen atoms in total. The molecule has 0 aliphatic heterocycles. The first-order chi connectivity index (χ1) is 8.78. The summed E-state index contributed by atoms with van der Waals surface area (Å²) in [5, 5.41) is 3.35. The molecule has 0 bridgehead atoms. The molecule has 1 heterocycles. The number of allylic oxidation sites excluding steroid dienone is 4. The number of nitrogens with one attached hydrogen (secondary N) is 1. The highest BCUT2D eigenvalue weighted by Crippen LogP contribution is 2.19. The Morgan fingerprint density at radius 1 is 1.39 bits per heavy atom. The monoisotopic (exact) mass is 237 g/mol. The van der Waals surface area contributed by atoms with E-state index in [2.05, 4.69) is 40.4 Å². The van der Waals surface area contributed by atoms with Crippen molar-refractivity contribution >= 4 is 11.9 Å². The zero-order valence-electron chi connectivity index (χ0n) is 10.4. The summed E-state index contributed by atoms with van der Waals surface area (Å²) >= 11 is 0. The Kier molecular flexibility index (Phi) is 3.93. The smallest absolute Gasteiger partial charge is 0.0822 e. The fraction of sp³-hybridized carbons (Fsp3) is 0.200. The number of anilines is 1. The molecule has 0 unspecified atom stereocenters.